The summed E-state index contributed by atoms with van der Waals surface area (Å²) in [5.74, 6) is -0.106. The number of amides is 2. The van der Waals surface area contributed by atoms with Crippen molar-refractivity contribution in [1.82, 2.24) is 5.32 Å². The van der Waals surface area contributed by atoms with Crippen LogP contribution in [0.1, 0.15) is 41.2 Å². The molecule has 0 saturated carbocycles. The molecule has 0 fully saturated rings. The molecule has 2 amide bonds. The highest BCUT2D eigenvalue weighted by Crippen LogP contribution is 2.26. The lowest BCUT2D eigenvalue weighted by Crippen LogP contribution is -2.34. The Labute approximate surface area is 156 Å². The van der Waals surface area contributed by atoms with Crippen LogP contribution in [0, 0.1) is 27.7 Å². The van der Waals surface area contributed by atoms with Crippen LogP contribution < -0.4 is 10.2 Å². The largest absolute Gasteiger partial charge is 0.352 e. The van der Waals surface area contributed by atoms with E-state index in [9.17, 15) is 9.59 Å². The van der Waals surface area contributed by atoms with Crippen molar-refractivity contribution in [3.63, 3.8) is 0 Å². The van der Waals surface area contributed by atoms with Gasteiger partial charge in [0.1, 0.15) is 0 Å². The maximum absolute atomic E-state index is 12.2. The van der Waals surface area contributed by atoms with Crippen molar-refractivity contribution in [1.29, 1.82) is 0 Å². The van der Waals surface area contributed by atoms with Gasteiger partial charge in [-0.15, -0.1) is 0 Å². The number of anilines is 1. The Balaban J connectivity index is 1.99. The molecular formula is C22H28N2O2. The van der Waals surface area contributed by atoms with Crippen LogP contribution in [-0.2, 0) is 16.1 Å². The van der Waals surface area contributed by atoms with Gasteiger partial charge in [-0.05, 0) is 44.4 Å². The van der Waals surface area contributed by atoms with Gasteiger partial charge in [-0.25, -0.2) is 0 Å². The van der Waals surface area contributed by atoms with E-state index < -0.39 is 0 Å². The summed E-state index contributed by atoms with van der Waals surface area (Å²) in [7, 11) is 0. The second-order valence-electron chi connectivity index (χ2n) is 6.93. The van der Waals surface area contributed by atoms with Crippen LogP contribution in [0.2, 0.25) is 0 Å². The maximum atomic E-state index is 12.2. The molecule has 1 N–H and O–H groups in total. The molecule has 2 rings (SSSR count). The lowest BCUT2D eigenvalue weighted by molar-refractivity contribution is -0.121. The van der Waals surface area contributed by atoms with E-state index >= 15 is 0 Å². The van der Waals surface area contributed by atoms with E-state index in [-0.39, 0.29) is 18.2 Å². The van der Waals surface area contributed by atoms with E-state index in [1.54, 1.807) is 11.8 Å². The van der Waals surface area contributed by atoms with Gasteiger partial charge in [0.25, 0.3) is 0 Å². The molecule has 0 bridgehead atoms. The first kappa shape index (κ1) is 19.7. The Morgan fingerprint density at radius 1 is 0.923 bits per heavy atom. The molecule has 0 saturated heterocycles. The molecule has 0 aliphatic carbocycles. The van der Waals surface area contributed by atoms with E-state index in [4.69, 9.17) is 0 Å². The van der Waals surface area contributed by atoms with Crippen LogP contribution in [-0.4, -0.2) is 18.4 Å². The Hall–Kier alpha value is -2.62. The molecule has 4 heteroatoms. The van der Waals surface area contributed by atoms with Gasteiger partial charge >= 0.3 is 0 Å². The number of hydrogen-bond acceptors (Lipinski definition) is 2. The van der Waals surface area contributed by atoms with Crippen molar-refractivity contribution in [2.75, 3.05) is 11.4 Å². The summed E-state index contributed by atoms with van der Waals surface area (Å²) in [5.41, 5.74) is 6.45. The van der Waals surface area contributed by atoms with E-state index in [1.165, 1.54) is 11.1 Å². The van der Waals surface area contributed by atoms with E-state index in [1.807, 2.05) is 52.0 Å². The third-order valence-corrected chi connectivity index (χ3v) is 4.46. The number of carbonyl (C=O) groups is 2. The fourth-order valence-electron chi connectivity index (χ4n) is 3.23. The van der Waals surface area contributed by atoms with Crippen molar-refractivity contribution < 1.29 is 9.59 Å². The Morgan fingerprint density at radius 3 is 2.04 bits per heavy atom. The number of rotatable bonds is 6. The quantitative estimate of drug-likeness (QED) is 0.855. The Bertz CT molecular complexity index is 771. The summed E-state index contributed by atoms with van der Waals surface area (Å²) in [6.07, 6.45) is 0.276. The number of hydrogen-bond donors (Lipinski definition) is 1. The summed E-state index contributed by atoms with van der Waals surface area (Å²) in [4.78, 5) is 26.1. The number of carbonyl (C=O) groups excluding carboxylic acids is 2. The molecule has 0 aliphatic rings. The van der Waals surface area contributed by atoms with Crippen LogP contribution in [0.3, 0.4) is 0 Å². The standard InChI is InChI=1S/C22H28N2O2/c1-15-6-8-20(9-7-15)14-23-21(26)10-11-24(19(5)25)22-17(3)12-16(2)13-18(22)4/h6-9,12-13H,10-11,14H2,1-5H3,(H,23,26). The minimum absolute atomic E-state index is 0.0496. The average Bonchev–Trinajstić information content (AvgIpc) is 2.56. The van der Waals surface area contributed by atoms with E-state index in [0.29, 0.717) is 13.1 Å². The van der Waals surface area contributed by atoms with Crippen LogP contribution in [0.15, 0.2) is 36.4 Å². The molecule has 0 radical (unpaired) electrons. The molecule has 0 heterocycles. The van der Waals surface area contributed by atoms with Gasteiger partial charge in [0.05, 0.1) is 0 Å². The Kier molecular flexibility index (Phi) is 6.56. The normalized spacial score (nSPS) is 10.5. The predicted molar refractivity (Wildman–Crippen MR) is 106 cm³/mol. The van der Waals surface area contributed by atoms with E-state index in [0.717, 1.165) is 22.4 Å². The fourth-order valence-corrected chi connectivity index (χ4v) is 3.23. The molecule has 4 nitrogen and oxygen atoms in total. The zero-order chi connectivity index (χ0) is 19.3. The summed E-state index contributed by atoms with van der Waals surface area (Å²) in [5, 5.41) is 2.93. The third-order valence-electron chi connectivity index (χ3n) is 4.46. The monoisotopic (exact) mass is 352 g/mol. The van der Waals surface area contributed by atoms with Crippen molar-refractivity contribution in [3.05, 3.63) is 64.2 Å². The molecule has 0 aliphatic heterocycles. The van der Waals surface area contributed by atoms with Crippen molar-refractivity contribution in [3.8, 4) is 0 Å². The number of nitrogens with zero attached hydrogens (tertiary/aromatic N) is 1. The van der Waals surface area contributed by atoms with Crippen LogP contribution in [0.5, 0.6) is 0 Å². The number of nitrogens with one attached hydrogen (secondary N) is 1. The topological polar surface area (TPSA) is 49.4 Å². The Morgan fingerprint density at radius 2 is 1.50 bits per heavy atom. The summed E-state index contributed by atoms with van der Waals surface area (Å²) >= 11 is 0. The highest BCUT2D eigenvalue weighted by molar-refractivity contribution is 5.94. The van der Waals surface area contributed by atoms with Gasteiger partial charge in [0.15, 0.2) is 0 Å². The molecule has 0 spiro atoms. The van der Waals surface area contributed by atoms with Crippen LogP contribution in [0.25, 0.3) is 0 Å². The van der Waals surface area contributed by atoms with Gasteiger partial charge in [-0.1, -0.05) is 47.5 Å². The second-order valence-corrected chi connectivity index (χ2v) is 6.93. The summed E-state index contributed by atoms with van der Waals surface area (Å²) < 4.78 is 0. The molecule has 26 heavy (non-hydrogen) atoms. The third kappa shape index (κ3) is 5.19. The molecule has 0 atom stereocenters. The number of aryl methyl sites for hydroxylation is 4. The van der Waals surface area contributed by atoms with Crippen molar-refractivity contribution in [2.24, 2.45) is 0 Å². The molecule has 138 valence electrons. The highest BCUT2D eigenvalue weighted by Gasteiger charge is 2.17. The second kappa shape index (κ2) is 8.65. The minimum Gasteiger partial charge on any atom is -0.352 e. The first-order valence-corrected chi connectivity index (χ1v) is 8.96. The molecule has 0 aromatic heterocycles. The molecule has 2 aromatic carbocycles. The van der Waals surface area contributed by atoms with E-state index in [2.05, 4.69) is 17.4 Å². The molecular weight excluding hydrogens is 324 g/mol. The van der Waals surface area contributed by atoms with Gasteiger partial charge in [0.2, 0.25) is 11.8 Å². The first-order valence-electron chi connectivity index (χ1n) is 8.96. The predicted octanol–water partition coefficient (Wildman–Crippen LogP) is 3.98. The van der Waals surface area contributed by atoms with Crippen LogP contribution in [0.4, 0.5) is 5.69 Å². The minimum atomic E-state index is -0.0563. The lowest BCUT2D eigenvalue weighted by atomic mass is 10.0. The fraction of sp³-hybridized carbons (Fsp3) is 0.364. The lowest BCUT2D eigenvalue weighted by Gasteiger charge is -2.25. The average molecular weight is 352 g/mol. The van der Waals surface area contributed by atoms with Crippen LogP contribution >= 0.6 is 0 Å². The van der Waals surface area contributed by atoms with Crippen molar-refractivity contribution >= 4 is 17.5 Å². The number of benzene rings is 2. The zero-order valence-electron chi connectivity index (χ0n) is 16.3. The smallest absolute Gasteiger partial charge is 0.223 e. The van der Waals surface area contributed by atoms with Gasteiger partial charge in [-0.2, -0.15) is 0 Å². The first-order chi connectivity index (χ1) is 12.3. The van der Waals surface area contributed by atoms with Gasteiger partial charge < -0.3 is 10.2 Å². The van der Waals surface area contributed by atoms with Crippen molar-refractivity contribution in [2.45, 2.75) is 47.6 Å². The highest BCUT2D eigenvalue weighted by atomic mass is 16.2. The molecule has 2 aromatic rings. The van der Waals surface area contributed by atoms with Gasteiger partial charge in [0, 0.05) is 32.1 Å². The summed E-state index contributed by atoms with van der Waals surface area (Å²) in [6, 6.07) is 12.2. The SMILES string of the molecule is CC(=O)N(CCC(=O)NCc1ccc(C)cc1)c1c(C)cc(C)cc1C. The molecule has 0 unspecified atom stereocenters. The van der Waals surface area contributed by atoms with Gasteiger partial charge in [-0.3, -0.25) is 9.59 Å². The zero-order valence-corrected chi connectivity index (χ0v) is 16.3. The summed E-state index contributed by atoms with van der Waals surface area (Å²) in [6.45, 7) is 10.5. The maximum Gasteiger partial charge on any atom is 0.223 e.